The zero-order valence-corrected chi connectivity index (χ0v) is 20.9. The van der Waals surface area contributed by atoms with Gasteiger partial charge in [-0.05, 0) is 45.2 Å². The average Bonchev–Trinajstić information content (AvgIpc) is 2.87. The Hall–Kier alpha value is -3.20. The first-order valence-electron chi connectivity index (χ1n) is 12.4. The Morgan fingerprint density at radius 1 is 1.03 bits per heavy atom. The Morgan fingerprint density at radius 3 is 2.34 bits per heavy atom. The first-order chi connectivity index (χ1) is 16.8. The molecule has 1 fully saturated rings. The summed E-state index contributed by atoms with van der Waals surface area (Å²) in [7, 11) is 1.69. The number of aryl methyl sites for hydroxylation is 1. The number of nitrogens with one attached hydrogen (secondary N) is 3. The van der Waals surface area contributed by atoms with Crippen molar-refractivity contribution in [3.63, 3.8) is 0 Å². The summed E-state index contributed by atoms with van der Waals surface area (Å²) >= 11 is 0. The van der Waals surface area contributed by atoms with E-state index in [2.05, 4.69) is 16.0 Å². The SMILES string of the molecule is CN[C@@H](C)C(=O)N[C@H](C(=O)NCC(=O)N1C=CN(Cc2ccc(C)cc2)C(=O)C1)C1CCCCC1. The number of hydrogen-bond donors (Lipinski definition) is 3. The summed E-state index contributed by atoms with van der Waals surface area (Å²) in [6.07, 6.45) is 8.05. The quantitative estimate of drug-likeness (QED) is 0.492. The van der Waals surface area contributed by atoms with E-state index in [0.29, 0.717) is 6.54 Å². The van der Waals surface area contributed by atoms with E-state index in [-0.39, 0.29) is 42.6 Å². The molecule has 2 atom stereocenters. The summed E-state index contributed by atoms with van der Waals surface area (Å²) in [5, 5.41) is 8.44. The van der Waals surface area contributed by atoms with Crippen molar-refractivity contribution in [3.05, 3.63) is 47.8 Å². The molecule has 1 aliphatic carbocycles. The Kier molecular flexibility index (Phi) is 9.42. The Bertz CT molecular complexity index is 940. The molecule has 9 heteroatoms. The molecule has 0 aromatic heterocycles. The molecule has 4 amide bonds. The highest BCUT2D eigenvalue weighted by molar-refractivity contribution is 5.93. The highest BCUT2D eigenvalue weighted by Gasteiger charge is 2.32. The maximum absolute atomic E-state index is 13.0. The van der Waals surface area contributed by atoms with E-state index >= 15 is 0 Å². The Labute approximate surface area is 207 Å². The molecule has 0 saturated heterocycles. The molecule has 3 N–H and O–H groups in total. The number of rotatable bonds is 9. The van der Waals surface area contributed by atoms with Crippen molar-refractivity contribution in [1.29, 1.82) is 0 Å². The molecule has 0 radical (unpaired) electrons. The summed E-state index contributed by atoms with van der Waals surface area (Å²) in [6, 6.07) is 6.82. The van der Waals surface area contributed by atoms with Gasteiger partial charge in [0.1, 0.15) is 12.6 Å². The second kappa shape index (κ2) is 12.5. The number of likely N-dealkylation sites (N-methyl/N-ethyl adjacent to an activating group) is 1. The van der Waals surface area contributed by atoms with E-state index in [4.69, 9.17) is 0 Å². The van der Waals surface area contributed by atoms with Crippen LogP contribution in [0.3, 0.4) is 0 Å². The Morgan fingerprint density at radius 2 is 1.71 bits per heavy atom. The lowest BCUT2D eigenvalue weighted by molar-refractivity contribution is -0.139. The van der Waals surface area contributed by atoms with Gasteiger partial charge in [-0.2, -0.15) is 0 Å². The van der Waals surface area contributed by atoms with Crippen molar-refractivity contribution in [2.75, 3.05) is 20.1 Å². The van der Waals surface area contributed by atoms with Crippen LogP contribution in [0.5, 0.6) is 0 Å². The van der Waals surface area contributed by atoms with Gasteiger partial charge in [-0.3, -0.25) is 19.2 Å². The smallest absolute Gasteiger partial charge is 0.246 e. The highest BCUT2D eigenvalue weighted by atomic mass is 16.2. The minimum atomic E-state index is -0.685. The van der Waals surface area contributed by atoms with E-state index < -0.39 is 12.1 Å². The van der Waals surface area contributed by atoms with Gasteiger partial charge < -0.3 is 25.8 Å². The number of nitrogens with zero attached hydrogens (tertiary/aromatic N) is 2. The van der Waals surface area contributed by atoms with Gasteiger partial charge in [0, 0.05) is 12.4 Å². The van der Waals surface area contributed by atoms with Crippen molar-refractivity contribution >= 4 is 23.6 Å². The molecule has 0 spiro atoms. The van der Waals surface area contributed by atoms with Crippen LogP contribution in [0.1, 0.15) is 50.2 Å². The first kappa shape index (κ1) is 26.4. The van der Waals surface area contributed by atoms with Crippen molar-refractivity contribution in [2.24, 2.45) is 5.92 Å². The predicted molar refractivity (Wildman–Crippen MR) is 133 cm³/mol. The third kappa shape index (κ3) is 7.39. The maximum Gasteiger partial charge on any atom is 0.246 e. The van der Waals surface area contributed by atoms with Gasteiger partial charge in [-0.25, -0.2) is 0 Å². The second-order valence-corrected chi connectivity index (χ2v) is 9.44. The van der Waals surface area contributed by atoms with Gasteiger partial charge in [-0.1, -0.05) is 49.1 Å². The van der Waals surface area contributed by atoms with Gasteiger partial charge in [0.15, 0.2) is 0 Å². The van der Waals surface area contributed by atoms with Crippen LogP contribution in [0.2, 0.25) is 0 Å². The maximum atomic E-state index is 13.0. The minimum Gasteiger partial charge on any atom is -0.345 e. The van der Waals surface area contributed by atoms with Crippen molar-refractivity contribution in [3.8, 4) is 0 Å². The number of hydrogen-bond acceptors (Lipinski definition) is 5. The molecule has 1 aromatic rings. The molecule has 1 aromatic carbocycles. The molecule has 1 aliphatic heterocycles. The topological polar surface area (TPSA) is 111 Å². The van der Waals surface area contributed by atoms with Gasteiger partial charge in [-0.15, -0.1) is 0 Å². The summed E-state index contributed by atoms with van der Waals surface area (Å²) in [6.45, 7) is 3.85. The standard InChI is InChI=1S/C26H37N5O4/c1-18-9-11-20(12-10-18)16-30-13-14-31(17-23(30)33)22(32)15-28-26(35)24(21-7-5-4-6-8-21)29-25(34)19(2)27-3/h9-14,19,21,24,27H,4-8,15-17H2,1-3H3,(H,28,35)(H,29,34)/t19-,24-/m0/s1. The molecule has 1 heterocycles. The van der Waals surface area contributed by atoms with Crippen LogP contribution in [0, 0.1) is 12.8 Å². The summed E-state index contributed by atoms with van der Waals surface area (Å²) in [5.41, 5.74) is 2.15. The van der Waals surface area contributed by atoms with E-state index in [1.165, 1.54) is 4.90 Å². The fraction of sp³-hybridized carbons (Fsp3) is 0.538. The minimum absolute atomic E-state index is 0.0404. The lowest BCUT2D eigenvalue weighted by Gasteiger charge is -2.31. The molecule has 9 nitrogen and oxygen atoms in total. The number of carbonyl (C=O) groups is 4. The number of benzene rings is 1. The fourth-order valence-corrected chi connectivity index (χ4v) is 4.38. The fourth-order valence-electron chi connectivity index (χ4n) is 4.38. The van der Waals surface area contributed by atoms with E-state index in [1.807, 2.05) is 31.2 Å². The number of amides is 4. The van der Waals surface area contributed by atoms with Crippen LogP contribution < -0.4 is 16.0 Å². The van der Waals surface area contributed by atoms with E-state index in [0.717, 1.165) is 43.2 Å². The normalized spacial score (nSPS) is 18.2. The average molecular weight is 484 g/mol. The Balaban J connectivity index is 1.56. The third-order valence-corrected chi connectivity index (χ3v) is 6.79. The summed E-state index contributed by atoms with van der Waals surface area (Å²) < 4.78 is 0. The monoisotopic (exact) mass is 483 g/mol. The van der Waals surface area contributed by atoms with Crippen molar-refractivity contribution in [2.45, 2.75) is 64.6 Å². The van der Waals surface area contributed by atoms with E-state index in [9.17, 15) is 19.2 Å². The van der Waals surface area contributed by atoms with Gasteiger partial charge in [0.2, 0.25) is 23.6 Å². The molecule has 190 valence electrons. The predicted octanol–water partition coefficient (Wildman–Crippen LogP) is 1.43. The largest absolute Gasteiger partial charge is 0.345 e. The number of carbonyl (C=O) groups excluding carboxylic acids is 4. The third-order valence-electron chi connectivity index (χ3n) is 6.79. The zero-order chi connectivity index (χ0) is 25.4. The molecule has 2 aliphatic rings. The lowest BCUT2D eigenvalue weighted by Crippen LogP contribution is -2.56. The molecule has 35 heavy (non-hydrogen) atoms. The van der Waals surface area contributed by atoms with Crippen molar-refractivity contribution in [1.82, 2.24) is 25.8 Å². The molecule has 1 saturated carbocycles. The molecular weight excluding hydrogens is 446 g/mol. The molecule has 0 unspecified atom stereocenters. The van der Waals surface area contributed by atoms with Crippen LogP contribution in [0.25, 0.3) is 0 Å². The highest BCUT2D eigenvalue weighted by Crippen LogP contribution is 2.26. The first-order valence-corrected chi connectivity index (χ1v) is 12.4. The van der Waals surface area contributed by atoms with Crippen LogP contribution in [-0.4, -0.2) is 65.6 Å². The summed E-state index contributed by atoms with van der Waals surface area (Å²) in [5.74, 6) is -1.15. The van der Waals surface area contributed by atoms with Gasteiger partial charge in [0.25, 0.3) is 0 Å². The second-order valence-electron chi connectivity index (χ2n) is 9.44. The van der Waals surface area contributed by atoms with Crippen LogP contribution in [0.4, 0.5) is 0 Å². The molecular formula is C26H37N5O4. The molecule has 0 bridgehead atoms. The van der Waals surface area contributed by atoms with Gasteiger partial charge >= 0.3 is 0 Å². The van der Waals surface area contributed by atoms with Crippen LogP contribution in [0.15, 0.2) is 36.7 Å². The lowest BCUT2D eigenvalue weighted by atomic mass is 9.83. The molecule has 3 rings (SSSR count). The van der Waals surface area contributed by atoms with Crippen molar-refractivity contribution < 1.29 is 19.2 Å². The summed E-state index contributed by atoms with van der Waals surface area (Å²) in [4.78, 5) is 53.7. The zero-order valence-electron chi connectivity index (χ0n) is 20.9. The van der Waals surface area contributed by atoms with E-state index in [1.54, 1.807) is 31.3 Å². The van der Waals surface area contributed by atoms with Crippen LogP contribution >= 0.6 is 0 Å². The van der Waals surface area contributed by atoms with Crippen LogP contribution in [-0.2, 0) is 25.7 Å². The van der Waals surface area contributed by atoms with Gasteiger partial charge in [0.05, 0.1) is 19.1 Å².